The molecule has 2 amide bonds. The summed E-state index contributed by atoms with van der Waals surface area (Å²) in [5.41, 5.74) is 1.15. The fourth-order valence-electron chi connectivity index (χ4n) is 4.35. The molecule has 0 unspecified atom stereocenters. The number of nitrogens with zero attached hydrogens (tertiary/aromatic N) is 2. The van der Waals surface area contributed by atoms with Crippen molar-refractivity contribution in [1.82, 2.24) is 30.9 Å². The summed E-state index contributed by atoms with van der Waals surface area (Å²) in [6, 6.07) is 8.80. The van der Waals surface area contributed by atoms with Gasteiger partial charge in [0.2, 0.25) is 0 Å². The molecule has 0 bridgehead atoms. The first-order valence-corrected chi connectivity index (χ1v) is 11.7. The Bertz CT molecular complexity index is 1540. The van der Waals surface area contributed by atoms with E-state index in [4.69, 9.17) is 4.74 Å². The van der Waals surface area contributed by atoms with Crippen LogP contribution in [-0.4, -0.2) is 69.9 Å². The normalized spacial score (nSPS) is 16.8. The van der Waals surface area contributed by atoms with Gasteiger partial charge in [0.1, 0.15) is 16.8 Å². The number of halogens is 1. The SMILES string of the molecule is COc1ccc(O)c(C(=O)c2ccc(C(=O)N[C@@H]3CNC[C@H]3NC(=O)c3ccnc4[nH]cnc34)cc2)c1F. The zero-order chi connectivity index (χ0) is 26.8. The van der Waals surface area contributed by atoms with E-state index in [2.05, 4.69) is 30.9 Å². The number of ketones is 1. The van der Waals surface area contributed by atoms with Gasteiger partial charge in [0.05, 0.1) is 31.1 Å². The highest BCUT2D eigenvalue weighted by Gasteiger charge is 2.31. The van der Waals surface area contributed by atoms with E-state index in [1.807, 2.05) is 0 Å². The number of ether oxygens (including phenoxy) is 1. The van der Waals surface area contributed by atoms with E-state index in [0.717, 1.165) is 0 Å². The lowest BCUT2D eigenvalue weighted by Crippen LogP contribution is -2.51. The molecule has 38 heavy (non-hydrogen) atoms. The fourth-order valence-corrected chi connectivity index (χ4v) is 4.35. The van der Waals surface area contributed by atoms with Gasteiger partial charge in [-0.15, -0.1) is 0 Å². The molecule has 1 saturated heterocycles. The summed E-state index contributed by atoms with van der Waals surface area (Å²) in [6.07, 6.45) is 2.98. The molecule has 2 aromatic carbocycles. The molecule has 12 heteroatoms. The van der Waals surface area contributed by atoms with E-state index in [9.17, 15) is 23.9 Å². The maximum absolute atomic E-state index is 14.6. The lowest BCUT2D eigenvalue weighted by atomic mass is 10.00. The summed E-state index contributed by atoms with van der Waals surface area (Å²) in [5.74, 6) is -3.17. The number of aromatic hydroxyl groups is 1. The molecule has 0 aliphatic carbocycles. The summed E-state index contributed by atoms with van der Waals surface area (Å²) in [4.78, 5) is 49.8. The first-order valence-electron chi connectivity index (χ1n) is 11.7. The Morgan fingerprint density at radius 2 is 1.66 bits per heavy atom. The molecule has 1 fully saturated rings. The molecule has 5 N–H and O–H groups in total. The highest BCUT2D eigenvalue weighted by molar-refractivity contribution is 6.11. The number of pyridine rings is 1. The van der Waals surface area contributed by atoms with E-state index >= 15 is 0 Å². The van der Waals surface area contributed by atoms with Crippen LogP contribution >= 0.6 is 0 Å². The van der Waals surface area contributed by atoms with E-state index in [1.54, 1.807) is 6.07 Å². The van der Waals surface area contributed by atoms with Crippen molar-refractivity contribution in [1.29, 1.82) is 0 Å². The van der Waals surface area contributed by atoms with Gasteiger partial charge in [-0.25, -0.2) is 14.4 Å². The number of carbonyl (C=O) groups excluding carboxylic acids is 3. The van der Waals surface area contributed by atoms with Crippen molar-refractivity contribution in [3.63, 3.8) is 0 Å². The number of methoxy groups -OCH3 is 1. The van der Waals surface area contributed by atoms with Crippen molar-refractivity contribution >= 4 is 28.8 Å². The fraction of sp³-hybridized carbons (Fsp3) is 0.192. The number of phenols is 1. The molecular weight excluding hydrogens is 495 g/mol. The summed E-state index contributed by atoms with van der Waals surface area (Å²) in [6.45, 7) is 0.893. The second kappa shape index (κ2) is 10.3. The minimum atomic E-state index is -0.971. The van der Waals surface area contributed by atoms with Crippen LogP contribution in [-0.2, 0) is 0 Å². The van der Waals surface area contributed by atoms with Crippen LogP contribution in [0, 0.1) is 5.82 Å². The zero-order valence-electron chi connectivity index (χ0n) is 20.1. The number of fused-ring (bicyclic) bond motifs is 1. The molecule has 1 aliphatic rings. The highest BCUT2D eigenvalue weighted by Crippen LogP contribution is 2.30. The summed E-state index contributed by atoms with van der Waals surface area (Å²) in [7, 11) is 1.25. The largest absolute Gasteiger partial charge is 0.507 e. The van der Waals surface area contributed by atoms with E-state index in [0.29, 0.717) is 29.8 Å². The molecule has 2 atom stereocenters. The van der Waals surface area contributed by atoms with Gasteiger partial charge in [0, 0.05) is 30.4 Å². The van der Waals surface area contributed by atoms with Gasteiger partial charge >= 0.3 is 0 Å². The van der Waals surface area contributed by atoms with Crippen molar-refractivity contribution < 1.29 is 28.6 Å². The molecular formula is C26H23FN6O5. The third-order valence-electron chi connectivity index (χ3n) is 6.35. The minimum Gasteiger partial charge on any atom is -0.507 e. The van der Waals surface area contributed by atoms with Crippen LogP contribution in [0.25, 0.3) is 11.2 Å². The first kappa shape index (κ1) is 24.8. The molecule has 194 valence electrons. The van der Waals surface area contributed by atoms with Crippen LogP contribution in [0.1, 0.15) is 36.6 Å². The molecule has 3 heterocycles. The summed E-state index contributed by atoms with van der Waals surface area (Å²) >= 11 is 0. The van der Waals surface area contributed by atoms with Gasteiger partial charge in [0.15, 0.2) is 23.0 Å². The number of aromatic amines is 1. The van der Waals surface area contributed by atoms with Crippen LogP contribution in [0.2, 0.25) is 0 Å². The van der Waals surface area contributed by atoms with Crippen LogP contribution in [0.3, 0.4) is 0 Å². The number of carbonyl (C=O) groups is 3. The van der Waals surface area contributed by atoms with Crippen LogP contribution < -0.4 is 20.7 Å². The quantitative estimate of drug-likeness (QED) is 0.231. The van der Waals surface area contributed by atoms with E-state index < -0.39 is 34.9 Å². The average Bonchev–Trinajstić information content (AvgIpc) is 3.58. The first-order chi connectivity index (χ1) is 18.4. The van der Waals surface area contributed by atoms with Gasteiger partial charge in [-0.2, -0.15) is 0 Å². The Morgan fingerprint density at radius 1 is 0.974 bits per heavy atom. The van der Waals surface area contributed by atoms with Gasteiger partial charge in [-0.1, -0.05) is 12.1 Å². The average molecular weight is 519 g/mol. The number of rotatable bonds is 7. The summed E-state index contributed by atoms with van der Waals surface area (Å²) < 4.78 is 19.5. The van der Waals surface area contributed by atoms with Crippen molar-refractivity contribution in [2.45, 2.75) is 12.1 Å². The molecule has 1 aliphatic heterocycles. The number of H-pyrrole nitrogens is 1. The Morgan fingerprint density at radius 3 is 2.37 bits per heavy atom. The predicted octanol–water partition coefficient (Wildman–Crippen LogP) is 1.54. The topological polar surface area (TPSA) is 158 Å². The van der Waals surface area contributed by atoms with Crippen molar-refractivity contribution in [3.05, 3.63) is 83.1 Å². The van der Waals surface area contributed by atoms with Crippen molar-refractivity contribution in [2.24, 2.45) is 0 Å². The van der Waals surface area contributed by atoms with Crippen LogP contribution in [0.5, 0.6) is 11.5 Å². The minimum absolute atomic E-state index is 0.0821. The number of hydrogen-bond donors (Lipinski definition) is 5. The van der Waals surface area contributed by atoms with Crippen LogP contribution in [0.15, 0.2) is 55.0 Å². The smallest absolute Gasteiger partial charge is 0.254 e. The number of imidazole rings is 1. The van der Waals surface area contributed by atoms with Gasteiger partial charge < -0.3 is 30.8 Å². The number of phenolic OH excluding ortho intramolecular Hbond substituents is 1. The van der Waals surface area contributed by atoms with E-state index in [1.165, 1.54) is 56.0 Å². The van der Waals surface area contributed by atoms with Crippen molar-refractivity contribution in [3.8, 4) is 11.5 Å². The molecule has 2 aromatic heterocycles. The zero-order valence-corrected chi connectivity index (χ0v) is 20.1. The molecule has 4 aromatic rings. The molecule has 0 saturated carbocycles. The van der Waals surface area contributed by atoms with Gasteiger partial charge in [0.25, 0.3) is 11.8 Å². The third kappa shape index (κ3) is 4.64. The number of nitrogens with one attached hydrogen (secondary N) is 4. The number of benzene rings is 2. The highest BCUT2D eigenvalue weighted by atomic mass is 19.1. The summed E-state index contributed by atoms with van der Waals surface area (Å²) in [5, 5.41) is 19.0. The molecule has 0 spiro atoms. The standard InChI is InChI=1S/C26H23FN6O5/c1-38-19-7-6-18(34)20(21(19)27)23(35)13-2-4-14(5-3-13)25(36)32-16-10-28-11-17(16)33-26(37)15-8-9-29-24-22(15)30-12-31-24/h2-9,12,16-17,28,34H,10-11H2,1H3,(H,32,36)(H,33,37)(H,29,30,31)/t16-,17-/m1/s1. The Kier molecular flexibility index (Phi) is 6.71. The Labute approximate surface area is 215 Å². The molecule has 0 radical (unpaired) electrons. The number of amides is 2. The Hall–Kier alpha value is -4.84. The van der Waals surface area contributed by atoms with Gasteiger partial charge in [-0.05, 0) is 30.3 Å². The van der Waals surface area contributed by atoms with Gasteiger partial charge in [-0.3, -0.25) is 14.4 Å². The molecule has 5 rings (SSSR count). The second-order valence-electron chi connectivity index (χ2n) is 8.66. The molecule has 11 nitrogen and oxygen atoms in total. The number of aromatic nitrogens is 3. The van der Waals surface area contributed by atoms with E-state index in [-0.39, 0.29) is 28.8 Å². The van der Waals surface area contributed by atoms with Crippen LogP contribution in [0.4, 0.5) is 4.39 Å². The second-order valence-corrected chi connectivity index (χ2v) is 8.66. The monoisotopic (exact) mass is 518 g/mol. The lowest BCUT2D eigenvalue weighted by Gasteiger charge is -2.21. The van der Waals surface area contributed by atoms with Crippen molar-refractivity contribution in [2.75, 3.05) is 20.2 Å². The lowest BCUT2D eigenvalue weighted by molar-refractivity contribution is 0.0897. The predicted molar refractivity (Wildman–Crippen MR) is 134 cm³/mol. The number of hydrogen-bond acceptors (Lipinski definition) is 8. The maximum Gasteiger partial charge on any atom is 0.254 e. The maximum atomic E-state index is 14.6. The third-order valence-corrected chi connectivity index (χ3v) is 6.35. The Balaban J connectivity index is 1.26.